The first-order valence-electron chi connectivity index (χ1n) is 7.67. The molecular formula is C16H17ClN4O3. The van der Waals surface area contributed by atoms with E-state index in [9.17, 15) is 4.79 Å². The number of hydrogen-bond acceptors (Lipinski definition) is 7. The van der Waals surface area contributed by atoms with E-state index in [2.05, 4.69) is 24.6 Å². The molecule has 7 nitrogen and oxygen atoms in total. The molecule has 126 valence electrons. The summed E-state index contributed by atoms with van der Waals surface area (Å²) < 4.78 is 10.2. The van der Waals surface area contributed by atoms with Crippen molar-refractivity contribution in [2.45, 2.75) is 19.3 Å². The van der Waals surface area contributed by atoms with Crippen LogP contribution in [-0.2, 0) is 4.74 Å². The number of aromatic nitrogens is 3. The van der Waals surface area contributed by atoms with Crippen molar-refractivity contribution in [2.75, 3.05) is 25.1 Å². The van der Waals surface area contributed by atoms with E-state index < -0.39 is 5.97 Å². The fourth-order valence-corrected chi connectivity index (χ4v) is 2.70. The van der Waals surface area contributed by atoms with Crippen molar-refractivity contribution in [3.63, 3.8) is 0 Å². The smallest absolute Gasteiger partial charge is 0.356 e. The molecule has 0 aliphatic carbocycles. The molecule has 1 aliphatic heterocycles. The Morgan fingerprint density at radius 3 is 2.67 bits per heavy atom. The summed E-state index contributed by atoms with van der Waals surface area (Å²) in [6.45, 7) is 2.05. The lowest BCUT2D eigenvalue weighted by molar-refractivity contribution is 0.0593. The van der Waals surface area contributed by atoms with E-state index in [1.807, 2.05) is 12.1 Å². The summed E-state index contributed by atoms with van der Waals surface area (Å²) in [7, 11) is 1.27. The zero-order chi connectivity index (χ0) is 16.9. The molecule has 0 bridgehead atoms. The van der Waals surface area contributed by atoms with Crippen LogP contribution >= 0.6 is 11.6 Å². The molecule has 0 radical (unpaired) electrons. The molecule has 0 spiro atoms. The first-order chi connectivity index (χ1) is 11.7. The minimum Gasteiger partial charge on any atom is -0.464 e. The molecule has 1 fully saturated rings. The van der Waals surface area contributed by atoms with Crippen LogP contribution in [0.2, 0.25) is 5.28 Å². The summed E-state index contributed by atoms with van der Waals surface area (Å²) in [4.78, 5) is 26.0. The molecule has 0 unspecified atom stereocenters. The van der Waals surface area contributed by atoms with Crippen LogP contribution < -0.4 is 9.64 Å². The minimum absolute atomic E-state index is 0.0328. The average molecular weight is 349 g/mol. The van der Waals surface area contributed by atoms with Crippen molar-refractivity contribution >= 4 is 23.4 Å². The van der Waals surface area contributed by atoms with Gasteiger partial charge in [-0.15, -0.1) is 0 Å². The quantitative estimate of drug-likeness (QED) is 0.620. The van der Waals surface area contributed by atoms with Gasteiger partial charge in [0, 0.05) is 19.2 Å². The third-order valence-corrected chi connectivity index (χ3v) is 3.86. The number of rotatable bonds is 4. The lowest BCUT2D eigenvalue weighted by Gasteiger charge is -2.27. The molecule has 0 aromatic carbocycles. The van der Waals surface area contributed by atoms with E-state index in [-0.39, 0.29) is 16.9 Å². The summed E-state index contributed by atoms with van der Waals surface area (Å²) in [5.41, 5.74) is 0.0328. The van der Waals surface area contributed by atoms with E-state index in [0.717, 1.165) is 18.9 Å². The maximum atomic E-state index is 11.5. The molecule has 0 atom stereocenters. The molecule has 3 heterocycles. The van der Waals surface area contributed by atoms with Gasteiger partial charge in [0.25, 0.3) is 0 Å². The van der Waals surface area contributed by atoms with Gasteiger partial charge < -0.3 is 14.4 Å². The fraction of sp³-hybridized carbons (Fsp3) is 0.375. The number of halogens is 1. The van der Waals surface area contributed by atoms with Gasteiger partial charge in [-0.3, -0.25) is 0 Å². The Balaban J connectivity index is 1.74. The first-order valence-corrected chi connectivity index (χ1v) is 8.05. The van der Waals surface area contributed by atoms with E-state index in [1.54, 1.807) is 6.20 Å². The third-order valence-electron chi connectivity index (χ3n) is 3.69. The van der Waals surface area contributed by atoms with Gasteiger partial charge in [-0.05, 0) is 43.0 Å². The molecule has 2 aromatic heterocycles. The van der Waals surface area contributed by atoms with Gasteiger partial charge >= 0.3 is 5.97 Å². The molecule has 0 amide bonds. The minimum atomic E-state index is -0.609. The van der Waals surface area contributed by atoms with Gasteiger partial charge in [0.05, 0.1) is 13.3 Å². The Morgan fingerprint density at radius 1 is 1.21 bits per heavy atom. The van der Waals surface area contributed by atoms with Crippen LogP contribution in [0.5, 0.6) is 11.6 Å². The molecular weight excluding hydrogens is 332 g/mol. The third kappa shape index (κ3) is 3.91. The summed E-state index contributed by atoms with van der Waals surface area (Å²) in [6.07, 6.45) is 5.28. The summed E-state index contributed by atoms with van der Waals surface area (Å²) in [5.74, 6) is 0.977. The van der Waals surface area contributed by atoms with Gasteiger partial charge in [-0.2, -0.15) is 4.98 Å². The molecule has 3 rings (SSSR count). The topological polar surface area (TPSA) is 77.4 Å². The standard InChI is InChI=1S/C16H17ClN4O3/c1-23-15(22)12-9-14(20-16(17)19-12)24-11-5-6-13(18-10-11)21-7-3-2-4-8-21/h5-6,9-10H,2-4,7-8H2,1H3. The van der Waals surface area contributed by atoms with Crippen LogP contribution in [0.15, 0.2) is 24.4 Å². The van der Waals surface area contributed by atoms with Crippen LogP contribution in [-0.4, -0.2) is 41.1 Å². The lowest BCUT2D eigenvalue weighted by atomic mass is 10.1. The summed E-state index contributed by atoms with van der Waals surface area (Å²) in [5, 5.41) is -0.0919. The molecule has 1 aliphatic rings. The van der Waals surface area contributed by atoms with E-state index in [0.29, 0.717) is 5.75 Å². The number of methoxy groups -OCH3 is 1. The van der Waals surface area contributed by atoms with Crippen LogP contribution in [0, 0.1) is 0 Å². The Kier molecular flexibility index (Phi) is 5.10. The molecule has 0 N–H and O–H groups in total. The Hall–Kier alpha value is -2.41. The highest BCUT2D eigenvalue weighted by atomic mass is 35.5. The number of pyridine rings is 1. The van der Waals surface area contributed by atoms with Crippen molar-refractivity contribution in [3.8, 4) is 11.6 Å². The van der Waals surface area contributed by atoms with Gasteiger partial charge in [-0.1, -0.05) is 0 Å². The SMILES string of the molecule is COC(=O)c1cc(Oc2ccc(N3CCCCC3)nc2)nc(Cl)n1. The Bertz CT molecular complexity index is 718. The number of ether oxygens (including phenoxy) is 2. The number of carbonyl (C=O) groups is 1. The summed E-state index contributed by atoms with van der Waals surface area (Å²) in [6, 6.07) is 5.09. The second-order valence-electron chi connectivity index (χ2n) is 5.35. The van der Waals surface area contributed by atoms with Crippen molar-refractivity contribution in [3.05, 3.63) is 35.4 Å². The van der Waals surface area contributed by atoms with Gasteiger partial charge in [0.15, 0.2) is 5.69 Å². The molecule has 8 heteroatoms. The molecule has 24 heavy (non-hydrogen) atoms. The molecule has 1 saturated heterocycles. The van der Waals surface area contributed by atoms with Crippen LogP contribution in [0.4, 0.5) is 5.82 Å². The highest BCUT2D eigenvalue weighted by molar-refractivity contribution is 6.28. The average Bonchev–Trinajstić information content (AvgIpc) is 2.62. The zero-order valence-electron chi connectivity index (χ0n) is 13.2. The van der Waals surface area contributed by atoms with E-state index in [1.165, 1.54) is 32.4 Å². The number of esters is 1. The van der Waals surface area contributed by atoms with Gasteiger partial charge in [-0.25, -0.2) is 14.8 Å². The van der Waals surface area contributed by atoms with Crippen LogP contribution in [0.1, 0.15) is 29.8 Å². The van der Waals surface area contributed by atoms with Crippen LogP contribution in [0.3, 0.4) is 0 Å². The van der Waals surface area contributed by atoms with Crippen molar-refractivity contribution < 1.29 is 14.3 Å². The van der Waals surface area contributed by atoms with Crippen molar-refractivity contribution in [1.82, 2.24) is 15.0 Å². The monoisotopic (exact) mass is 348 g/mol. The maximum Gasteiger partial charge on any atom is 0.356 e. The van der Waals surface area contributed by atoms with Crippen molar-refractivity contribution in [1.29, 1.82) is 0 Å². The van der Waals surface area contributed by atoms with E-state index >= 15 is 0 Å². The number of hydrogen-bond donors (Lipinski definition) is 0. The second kappa shape index (κ2) is 7.44. The zero-order valence-corrected chi connectivity index (χ0v) is 14.0. The number of piperidine rings is 1. The predicted octanol–water partition coefficient (Wildman–Crippen LogP) is 3.09. The first kappa shape index (κ1) is 16.4. The largest absolute Gasteiger partial charge is 0.464 e. The predicted molar refractivity (Wildman–Crippen MR) is 88.8 cm³/mol. The van der Waals surface area contributed by atoms with E-state index in [4.69, 9.17) is 16.3 Å². The number of anilines is 1. The Morgan fingerprint density at radius 2 is 2.00 bits per heavy atom. The van der Waals surface area contributed by atoms with Gasteiger partial charge in [0.2, 0.25) is 11.2 Å². The fourth-order valence-electron chi connectivity index (χ4n) is 2.52. The molecule has 2 aromatic rings. The number of carbonyl (C=O) groups excluding carboxylic acids is 1. The lowest BCUT2D eigenvalue weighted by Crippen LogP contribution is -2.29. The highest BCUT2D eigenvalue weighted by Crippen LogP contribution is 2.24. The number of nitrogens with zero attached hydrogens (tertiary/aromatic N) is 4. The normalized spacial score (nSPS) is 14.3. The van der Waals surface area contributed by atoms with Crippen molar-refractivity contribution in [2.24, 2.45) is 0 Å². The summed E-state index contributed by atoms with van der Waals surface area (Å²) >= 11 is 5.81. The Labute approximate surface area is 144 Å². The maximum absolute atomic E-state index is 11.5. The second-order valence-corrected chi connectivity index (χ2v) is 5.69. The van der Waals surface area contributed by atoms with Crippen LogP contribution in [0.25, 0.3) is 0 Å². The van der Waals surface area contributed by atoms with Gasteiger partial charge in [0.1, 0.15) is 11.6 Å². The molecule has 0 saturated carbocycles. The highest BCUT2D eigenvalue weighted by Gasteiger charge is 2.14.